The fraction of sp³-hybridized carbons (Fsp3) is 0.312. The molecule has 0 amide bonds. The van der Waals surface area contributed by atoms with Crippen molar-refractivity contribution in [2.75, 3.05) is 11.9 Å². The molecule has 0 bridgehead atoms. The number of pyridine rings is 1. The van der Waals surface area contributed by atoms with Gasteiger partial charge in [-0.15, -0.1) is 0 Å². The summed E-state index contributed by atoms with van der Waals surface area (Å²) < 4.78 is 2.10. The average molecular weight is 294 g/mol. The van der Waals surface area contributed by atoms with E-state index in [9.17, 15) is 0 Å². The minimum Gasteiger partial charge on any atom is -0.367 e. The number of aromatic nitrogens is 4. The number of nitrogens with one attached hydrogen (secondary N) is 1. The molecule has 0 radical (unpaired) electrons. The first-order valence-electron chi connectivity index (χ1n) is 7.44. The minimum atomic E-state index is 0.383. The van der Waals surface area contributed by atoms with Crippen LogP contribution in [0.15, 0.2) is 35.7 Å². The van der Waals surface area contributed by atoms with Gasteiger partial charge in [0.15, 0.2) is 0 Å². The third-order valence-corrected chi connectivity index (χ3v) is 4.53. The van der Waals surface area contributed by atoms with E-state index in [0.29, 0.717) is 6.04 Å². The normalized spacial score (nSPS) is 17.4. The van der Waals surface area contributed by atoms with E-state index in [2.05, 4.69) is 49.5 Å². The maximum atomic E-state index is 4.41. The van der Waals surface area contributed by atoms with Gasteiger partial charge in [0.25, 0.3) is 0 Å². The van der Waals surface area contributed by atoms with Crippen LogP contribution in [0.25, 0.3) is 11.0 Å². The standard InChI is InChI=1S/C16H18N6/c1-17-14-9-19-16-13(6-7-18-16)15(14)21(2)12-4-3-11-5-8-20-22(11)10-12/h5-9,12H,1,3-4,10H2,2H3,(H,18,19). The highest BCUT2D eigenvalue weighted by Crippen LogP contribution is 2.36. The Balaban J connectivity index is 1.75. The molecule has 1 aliphatic heterocycles. The summed E-state index contributed by atoms with van der Waals surface area (Å²) in [5, 5.41) is 5.50. The van der Waals surface area contributed by atoms with Gasteiger partial charge in [-0.05, 0) is 31.7 Å². The van der Waals surface area contributed by atoms with Gasteiger partial charge in [-0.3, -0.25) is 9.67 Å². The topological polar surface area (TPSA) is 62.1 Å². The Hall–Kier alpha value is -2.63. The van der Waals surface area contributed by atoms with Gasteiger partial charge in [0.2, 0.25) is 0 Å². The molecule has 0 spiro atoms. The highest BCUT2D eigenvalue weighted by Gasteiger charge is 2.25. The van der Waals surface area contributed by atoms with E-state index in [0.717, 1.165) is 41.8 Å². The van der Waals surface area contributed by atoms with Gasteiger partial charge in [0.05, 0.1) is 18.4 Å². The van der Waals surface area contributed by atoms with Crippen LogP contribution in [0.4, 0.5) is 11.4 Å². The van der Waals surface area contributed by atoms with Gasteiger partial charge in [0.1, 0.15) is 11.3 Å². The number of aromatic amines is 1. The first-order chi connectivity index (χ1) is 10.8. The smallest absolute Gasteiger partial charge is 0.139 e. The summed E-state index contributed by atoms with van der Waals surface area (Å²) in [5.41, 5.74) is 4.10. The summed E-state index contributed by atoms with van der Waals surface area (Å²) >= 11 is 0. The zero-order valence-electron chi connectivity index (χ0n) is 12.5. The molecule has 0 saturated carbocycles. The molecule has 0 fully saturated rings. The van der Waals surface area contributed by atoms with Crippen molar-refractivity contribution >= 4 is 29.1 Å². The van der Waals surface area contributed by atoms with Crippen molar-refractivity contribution in [2.45, 2.75) is 25.4 Å². The fourth-order valence-corrected chi connectivity index (χ4v) is 3.31. The molecular formula is C16H18N6. The van der Waals surface area contributed by atoms with Crippen LogP contribution in [0.3, 0.4) is 0 Å². The number of aryl methyl sites for hydroxylation is 1. The second kappa shape index (κ2) is 4.98. The van der Waals surface area contributed by atoms with Crippen molar-refractivity contribution in [2.24, 2.45) is 4.99 Å². The summed E-state index contributed by atoms with van der Waals surface area (Å²) in [4.78, 5) is 14.0. The monoisotopic (exact) mass is 294 g/mol. The second-order valence-corrected chi connectivity index (χ2v) is 5.70. The minimum absolute atomic E-state index is 0.383. The number of H-pyrrole nitrogens is 1. The van der Waals surface area contributed by atoms with Crippen LogP contribution in [-0.4, -0.2) is 39.6 Å². The van der Waals surface area contributed by atoms with Crippen LogP contribution in [0.1, 0.15) is 12.1 Å². The summed E-state index contributed by atoms with van der Waals surface area (Å²) in [6.07, 6.45) is 7.72. The van der Waals surface area contributed by atoms with Gasteiger partial charge in [-0.1, -0.05) is 0 Å². The molecule has 3 aromatic heterocycles. The van der Waals surface area contributed by atoms with Gasteiger partial charge >= 0.3 is 0 Å². The molecule has 1 atom stereocenters. The quantitative estimate of drug-likeness (QED) is 0.755. The molecule has 6 heteroatoms. The van der Waals surface area contributed by atoms with Gasteiger partial charge in [-0.25, -0.2) is 4.98 Å². The zero-order valence-corrected chi connectivity index (χ0v) is 12.5. The number of nitrogens with zero attached hydrogens (tertiary/aromatic N) is 5. The lowest BCUT2D eigenvalue weighted by Crippen LogP contribution is -2.39. The lowest BCUT2D eigenvalue weighted by Gasteiger charge is -2.34. The Morgan fingerprint density at radius 2 is 2.36 bits per heavy atom. The molecule has 0 aliphatic carbocycles. The van der Waals surface area contributed by atoms with E-state index >= 15 is 0 Å². The van der Waals surface area contributed by atoms with E-state index in [4.69, 9.17) is 0 Å². The Bertz CT molecular complexity index is 830. The molecule has 0 aromatic carbocycles. The van der Waals surface area contributed by atoms with Gasteiger partial charge in [-0.2, -0.15) is 5.10 Å². The van der Waals surface area contributed by atoms with E-state index in [1.807, 2.05) is 18.5 Å². The molecule has 4 heterocycles. The second-order valence-electron chi connectivity index (χ2n) is 5.70. The molecule has 0 saturated heterocycles. The van der Waals surface area contributed by atoms with Crippen molar-refractivity contribution in [1.82, 2.24) is 19.7 Å². The number of aliphatic imine (C=N–C) groups is 1. The van der Waals surface area contributed by atoms with E-state index in [1.54, 1.807) is 6.20 Å². The molecule has 1 aliphatic rings. The third-order valence-electron chi connectivity index (χ3n) is 4.53. The largest absolute Gasteiger partial charge is 0.367 e. The number of fused-ring (bicyclic) bond motifs is 2. The highest BCUT2D eigenvalue weighted by molar-refractivity contribution is 5.96. The molecule has 4 rings (SSSR count). The Morgan fingerprint density at radius 3 is 3.23 bits per heavy atom. The van der Waals surface area contributed by atoms with Gasteiger partial charge < -0.3 is 9.88 Å². The Labute approximate surface area is 128 Å². The molecule has 1 unspecified atom stereocenters. The lowest BCUT2D eigenvalue weighted by atomic mass is 10.0. The summed E-state index contributed by atoms with van der Waals surface area (Å²) in [7, 11) is 2.12. The molecule has 6 nitrogen and oxygen atoms in total. The lowest BCUT2D eigenvalue weighted by molar-refractivity contribution is 0.414. The maximum Gasteiger partial charge on any atom is 0.139 e. The van der Waals surface area contributed by atoms with Crippen LogP contribution in [0.2, 0.25) is 0 Å². The number of hydrogen-bond donors (Lipinski definition) is 1. The third kappa shape index (κ3) is 1.91. The zero-order chi connectivity index (χ0) is 15.1. The first kappa shape index (κ1) is 13.1. The molecule has 22 heavy (non-hydrogen) atoms. The van der Waals surface area contributed by atoms with Gasteiger partial charge in [0, 0.05) is 36.6 Å². The van der Waals surface area contributed by atoms with Crippen molar-refractivity contribution in [3.63, 3.8) is 0 Å². The number of anilines is 1. The van der Waals surface area contributed by atoms with Crippen LogP contribution in [0, 0.1) is 0 Å². The molecular weight excluding hydrogens is 276 g/mol. The van der Waals surface area contributed by atoms with Crippen LogP contribution < -0.4 is 4.90 Å². The maximum absolute atomic E-state index is 4.41. The SMILES string of the molecule is C=Nc1cnc2[nH]ccc2c1N(C)C1CCc2ccnn2C1. The van der Waals surface area contributed by atoms with E-state index < -0.39 is 0 Å². The first-order valence-corrected chi connectivity index (χ1v) is 7.44. The predicted octanol–water partition coefficient (Wildman–Crippen LogP) is 2.54. The van der Waals surface area contributed by atoms with E-state index in [-0.39, 0.29) is 0 Å². The number of likely N-dealkylation sites (N-methyl/N-ethyl adjacent to an activating group) is 1. The number of rotatable bonds is 3. The summed E-state index contributed by atoms with van der Waals surface area (Å²) in [6.45, 7) is 4.59. The van der Waals surface area contributed by atoms with Crippen molar-refractivity contribution in [3.8, 4) is 0 Å². The van der Waals surface area contributed by atoms with Crippen LogP contribution in [-0.2, 0) is 13.0 Å². The van der Waals surface area contributed by atoms with E-state index in [1.165, 1.54) is 5.69 Å². The van der Waals surface area contributed by atoms with Crippen LogP contribution in [0.5, 0.6) is 0 Å². The summed E-state index contributed by atoms with van der Waals surface area (Å²) in [5.74, 6) is 0. The fourth-order valence-electron chi connectivity index (χ4n) is 3.31. The van der Waals surface area contributed by atoms with Crippen LogP contribution >= 0.6 is 0 Å². The van der Waals surface area contributed by atoms with Crippen molar-refractivity contribution in [1.29, 1.82) is 0 Å². The Kier molecular flexibility index (Phi) is 2.96. The van der Waals surface area contributed by atoms with Crippen molar-refractivity contribution < 1.29 is 0 Å². The Morgan fingerprint density at radius 1 is 1.45 bits per heavy atom. The molecule has 1 N–H and O–H groups in total. The summed E-state index contributed by atoms with van der Waals surface area (Å²) in [6, 6.07) is 4.53. The number of hydrogen-bond acceptors (Lipinski definition) is 4. The molecule has 112 valence electrons. The highest BCUT2D eigenvalue weighted by atomic mass is 15.3. The molecule has 3 aromatic rings. The average Bonchev–Trinajstić information content (AvgIpc) is 3.20. The predicted molar refractivity (Wildman–Crippen MR) is 88.0 cm³/mol. The van der Waals surface area contributed by atoms with Crippen molar-refractivity contribution in [3.05, 3.63) is 36.4 Å².